The van der Waals surface area contributed by atoms with Crippen molar-refractivity contribution in [3.8, 4) is 11.4 Å². The number of aliphatic hydroxyl groups is 1. The molecule has 3 N–H and O–H groups in total. The first-order valence-corrected chi connectivity index (χ1v) is 10.6. The topological polar surface area (TPSA) is 127 Å². The van der Waals surface area contributed by atoms with Gasteiger partial charge in [-0.15, -0.1) is 0 Å². The Labute approximate surface area is 189 Å². The van der Waals surface area contributed by atoms with Gasteiger partial charge in [-0.1, -0.05) is 30.3 Å². The zero-order valence-corrected chi connectivity index (χ0v) is 17.9. The van der Waals surface area contributed by atoms with E-state index in [9.17, 15) is 9.90 Å². The van der Waals surface area contributed by atoms with Gasteiger partial charge >= 0.3 is 0 Å². The number of anilines is 1. The Bertz CT molecular complexity index is 1260. The number of carbonyl (C=O) groups excluding carboxylic acids is 1. The van der Waals surface area contributed by atoms with E-state index >= 15 is 0 Å². The molecular formula is C23H23N7O3. The Morgan fingerprint density at radius 3 is 2.73 bits per heavy atom. The van der Waals surface area contributed by atoms with Crippen LogP contribution in [-0.4, -0.2) is 54.8 Å². The average Bonchev–Trinajstić information content (AvgIpc) is 3.46. The predicted octanol–water partition coefficient (Wildman–Crippen LogP) is 1.89. The minimum atomic E-state index is -0.949. The second-order valence-corrected chi connectivity index (χ2v) is 7.72. The smallest absolute Gasteiger partial charge is 0.251 e. The number of likely N-dealkylation sites (N-methyl/N-ethyl adjacent to an activating group) is 1. The van der Waals surface area contributed by atoms with Crippen molar-refractivity contribution in [1.29, 1.82) is 0 Å². The van der Waals surface area contributed by atoms with Gasteiger partial charge in [0.1, 0.15) is 6.23 Å². The van der Waals surface area contributed by atoms with Gasteiger partial charge in [0.2, 0.25) is 0 Å². The minimum absolute atomic E-state index is 0.241. The Morgan fingerprint density at radius 1 is 1.18 bits per heavy atom. The zero-order valence-electron chi connectivity index (χ0n) is 17.9. The largest absolute Gasteiger partial charge is 0.390 e. The number of nitrogens with zero attached hydrogens (tertiary/aromatic N) is 5. The number of imidazole rings is 1. The summed E-state index contributed by atoms with van der Waals surface area (Å²) in [5, 5.41) is 16.2. The molecule has 10 heteroatoms. The number of ether oxygens (including phenoxy) is 1. The number of pyridine rings is 1. The highest BCUT2D eigenvalue weighted by atomic mass is 16.5. The molecule has 1 amide bonds. The fourth-order valence-corrected chi connectivity index (χ4v) is 3.87. The fourth-order valence-electron chi connectivity index (χ4n) is 3.87. The molecule has 1 aromatic carbocycles. The van der Waals surface area contributed by atoms with E-state index in [0.29, 0.717) is 29.4 Å². The maximum Gasteiger partial charge on any atom is 0.251 e. The van der Waals surface area contributed by atoms with Gasteiger partial charge in [-0.25, -0.2) is 15.0 Å². The Balaban J connectivity index is 1.54. The maximum absolute atomic E-state index is 12.1. The second kappa shape index (κ2) is 8.93. The lowest BCUT2D eigenvalue weighted by Crippen LogP contribution is -2.38. The van der Waals surface area contributed by atoms with Crippen LogP contribution in [0.2, 0.25) is 0 Å². The van der Waals surface area contributed by atoms with Crippen LogP contribution >= 0.6 is 0 Å². The highest BCUT2D eigenvalue weighted by molar-refractivity contribution is 5.85. The molecule has 0 saturated carbocycles. The number of hydrogen-bond donors (Lipinski definition) is 3. The number of nitrogens with one attached hydrogen (secondary N) is 2. The van der Waals surface area contributed by atoms with Crippen molar-refractivity contribution in [3.63, 3.8) is 0 Å². The van der Waals surface area contributed by atoms with E-state index in [2.05, 4.69) is 20.6 Å². The molecule has 3 aromatic heterocycles. The summed E-state index contributed by atoms with van der Waals surface area (Å²) in [6.07, 6.45) is 2.75. The van der Waals surface area contributed by atoms with E-state index in [1.54, 1.807) is 23.3 Å². The molecule has 4 aromatic rings. The van der Waals surface area contributed by atoms with Crippen molar-refractivity contribution >= 4 is 22.9 Å². The van der Waals surface area contributed by atoms with Crippen LogP contribution in [0.15, 0.2) is 61.2 Å². The number of fused-ring (bicyclic) bond motifs is 1. The summed E-state index contributed by atoms with van der Waals surface area (Å²) in [5.41, 5.74) is 3.02. The first kappa shape index (κ1) is 21.0. The Kier molecular flexibility index (Phi) is 5.68. The van der Waals surface area contributed by atoms with E-state index in [1.165, 1.54) is 7.05 Å². The van der Waals surface area contributed by atoms with Gasteiger partial charge in [0.05, 0.1) is 12.4 Å². The molecule has 3 atom stereocenters. The van der Waals surface area contributed by atoms with Crippen molar-refractivity contribution < 1.29 is 14.6 Å². The van der Waals surface area contributed by atoms with Gasteiger partial charge in [0.25, 0.3) is 5.91 Å². The quantitative estimate of drug-likeness (QED) is 0.411. The van der Waals surface area contributed by atoms with Gasteiger partial charge in [0.15, 0.2) is 28.9 Å². The molecular weight excluding hydrogens is 422 g/mol. The highest BCUT2D eigenvalue weighted by Gasteiger charge is 2.40. The molecule has 10 nitrogen and oxygen atoms in total. The molecule has 1 aliphatic rings. The summed E-state index contributed by atoms with van der Waals surface area (Å²) in [7, 11) is 1.51. The van der Waals surface area contributed by atoms with E-state index in [4.69, 9.17) is 14.7 Å². The minimum Gasteiger partial charge on any atom is -0.390 e. The zero-order chi connectivity index (χ0) is 22.8. The molecule has 1 saturated heterocycles. The number of aromatic nitrogens is 5. The molecule has 33 heavy (non-hydrogen) atoms. The van der Waals surface area contributed by atoms with Crippen molar-refractivity contribution in [1.82, 2.24) is 29.8 Å². The molecule has 1 fully saturated rings. The van der Waals surface area contributed by atoms with Gasteiger partial charge in [-0.2, -0.15) is 0 Å². The number of aliphatic hydroxyl groups excluding tert-OH is 1. The molecule has 0 unspecified atom stereocenters. The van der Waals surface area contributed by atoms with Crippen LogP contribution in [0, 0.1) is 0 Å². The molecule has 168 valence electrons. The third kappa shape index (κ3) is 4.13. The van der Waals surface area contributed by atoms with Crippen LogP contribution in [0.1, 0.15) is 18.2 Å². The molecule has 0 spiro atoms. The van der Waals surface area contributed by atoms with Crippen LogP contribution in [-0.2, 0) is 16.1 Å². The van der Waals surface area contributed by atoms with E-state index in [1.807, 2.05) is 42.5 Å². The number of hydrogen-bond acceptors (Lipinski definition) is 8. The van der Waals surface area contributed by atoms with Gasteiger partial charge in [-0.05, 0) is 17.7 Å². The first-order valence-electron chi connectivity index (χ1n) is 10.6. The Hall–Kier alpha value is -3.89. The standard InChI is InChI=1S/C23H23N7O3/c1-24-23(32)19-16(31)11-17(33-19)30-13-27-18-21(26-12-14-5-3-2-4-6-14)28-20(29-22(18)30)15-7-9-25-10-8-15/h2-10,13,16-17,19,31H,11-12H2,1H3,(H,24,32)(H,26,28,29)/t16-,17+,19-/m0/s1. The van der Waals surface area contributed by atoms with Crippen LogP contribution in [0.25, 0.3) is 22.6 Å². The van der Waals surface area contributed by atoms with Crippen molar-refractivity contribution in [2.45, 2.75) is 31.4 Å². The molecule has 0 aliphatic carbocycles. The summed E-state index contributed by atoms with van der Waals surface area (Å²) in [4.78, 5) is 30.1. The van der Waals surface area contributed by atoms with Crippen molar-refractivity contribution in [2.24, 2.45) is 0 Å². The average molecular weight is 445 g/mol. The van der Waals surface area contributed by atoms with E-state index in [0.717, 1.165) is 11.1 Å². The summed E-state index contributed by atoms with van der Waals surface area (Å²) in [5.74, 6) is 0.714. The number of carbonyl (C=O) groups is 1. The molecule has 5 rings (SSSR count). The van der Waals surface area contributed by atoms with Gasteiger partial charge < -0.3 is 20.5 Å². The molecule has 4 heterocycles. The SMILES string of the molecule is CNC(=O)[C@H]1O[C@@H](n2cnc3c(NCc4ccccc4)nc(-c4ccncc4)nc32)C[C@@H]1O. The third-order valence-corrected chi connectivity index (χ3v) is 5.57. The lowest BCUT2D eigenvalue weighted by atomic mass is 10.1. The van der Waals surface area contributed by atoms with E-state index < -0.39 is 18.4 Å². The molecule has 0 radical (unpaired) electrons. The predicted molar refractivity (Wildman–Crippen MR) is 121 cm³/mol. The van der Waals surface area contributed by atoms with Crippen molar-refractivity contribution in [3.05, 3.63) is 66.7 Å². The summed E-state index contributed by atoms with van der Waals surface area (Å²) < 4.78 is 7.60. The molecule has 1 aliphatic heterocycles. The summed E-state index contributed by atoms with van der Waals surface area (Å²) >= 11 is 0. The van der Waals surface area contributed by atoms with Crippen LogP contribution < -0.4 is 10.6 Å². The summed E-state index contributed by atoms with van der Waals surface area (Å²) in [6.45, 7) is 0.562. The van der Waals surface area contributed by atoms with E-state index in [-0.39, 0.29) is 12.3 Å². The molecule has 0 bridgehead atoms. The monoisotopic (exact) mass is 445 g/mol. The number of amides is 1. The third-order valence-electron chi connectivity index (χ3n) is 5.57. The second-order valence-electron chi connectivity index (χ2n) is 7.72. The van der Waals surface area contributed by atoms with Crippen LogP contribution in [0.5, 0.6) is 0 Å². The lowest BCUT2D eigenvalue weighted by Gasteiger charge is -2.15. The highest BCUT2D eigenvalue weighted by Crippen LogP contribution is 2.33. The fraction of sp³-hybridized carbons (Fsp3) is 0.261. The Morgan fingerprint density at radius 2 is 1.97 bits per heavy atom. The number of rotatable bonds is 6. The lowest BCUT2D eigenvalue weighted by molar-refractivity contribution is -0.137. The summed E-state index contributed by atoms with van der Waals surface area (Å²) in [6, 6.07) is 13.7. The first-order chi connectivity index (χ1) is 16.1. The van der Waals surface area contributed by atoms with Gasteiger partial charge in [-0.3, -0.25) is 14.3 Å². The maximum atomic E-state index is 12.1. The van der Waals surface area contributed by atoms with Crippen molar-refractivity contribution in [2.75, 3.05) is 12.4 Å². The number of benzene rings is 1. The van der Waals surface area contributed by atoms with Gasteiger partial charge in [0, 0.05) is 38.0 Å². The normalized spacial score (nSPS) is 20.1. The van der Waals surface area contributed by atoms with Crippen LogP contribution in [0.3, 0.4) is 0 Å². The van der Waals surface area contributed by atoms with Crippen LogP contribution in [0.4, 0.5) is 5.82 Å².